The third-order valence-corrected chi connectivity index (χ3v) is 4.67. The van der Waals surface area contributed by atoms with Crippen LogP contribution in [0.1, 0.15) is 21.5 Å². The highest BCUT2D eigenvalue weighted by Crippen LogP contribution is 2.28. The van der Waals surface area contributed by atoms with Crippen LogP contribution in [0, 0.1) is 18.6 Å². The Balaban J connectivity index is 1.71. The molecule has 3 aromatic rings. The molecule has 0 saturated heterocycles. The summed E-state index contributed by atoms with van der Waals surface area (Å²) >= 11 is 0. The number of amides is 1. The first-order valence-electron chi connectivity index (χ1n) is 9.32. The van der Waals surface area contributed by atoms with Crippen LogP contribution < -0.4 is 15.8 Å². The summed E-state index contributed by atoms with van der Waals surface area (Å²) in [5, 5.41) is 10.9. The third-order valence-electron chi connectivity index (χ3n) is 4.67. The Kier molecular flexibility index (Phi) is 6.49. The fourth-order valence-electron chi connectivity index (χ4n) is 3.04. The van der Waals surface area contributed by atoms with Gasteiger partial charge in [-0.15, -0.1) is 0 Å². The molecule has 31 heavy (non-hydrogen) atoms. The molecule has 0 unspecified atom stereocenters. The number of ether oxygens (including phenoxy) is 1. The molecule has 0 atom stereocenters. The van der Waals surface area contributed by atoms with E-state index in [4.69, 9.17) is 15.6 Å². The number of benzene rings is 3. The number of nitrogens with two attached hydrogens (primary N) is 1. The van der Waals surface area contributed by atoms with Crippen LogP contribution >= 0.6 is 0 Å². The summed E-state index contributed by atoms with van der Waals surface area (Å²) in [6.07, 6.45) is 0. The van der Waals surface area contributed by atoms with Gasteiger partial charge in [-0.05, 0) is 53.9 Å². The van der Waals surface area contributed by atoms with Crippen molar-refractivity contribution in [2.45, 2.75) is 13.5 Å². The number of nitrogen functional groups attached to an aromatic ring is 1. The topological polar surface area (TPSA) is 102 Å². The molecule has 4 N–H and O–H groups in total. The molecular weight excluding hydrogens is 406 g/mol. The maximum atomic E-state index is 13.6. The number of halogens is 2. The van der Waals surface area contributed by atoms with Gasteiger partial charge in [-0.2, -0.15) is 0 Å². The Hall–Kier alpha value is -3.94. The second-order valence-electron chi connectivity index (χ2n) is 6.85. The lowest BCUT2D eigenvalue weighted by Crippen LogP contribution is -2.30. The van der Waals surface area contributed by atoms with Gasteiger partial charge in [-0.1, -0.05) is 24.3 Å². The van der Waals surface area contributed by atoms with E-state index >= 15 is 0 Å². The zero-order valence-electron chi connectivity index (χ0n) is 16.6. The Bertz CT molecular complexity index is 1130. The number of hydrogen-bond acceptors (Lipinski definition) is 4. The second kappa shape index (κ2) is 9.25. The molecule has 0 aliphatic heterocycles. The van der Waals surface area contributed by atoms with Gasteiger partial charge in [0.2, 0.25) is 0 Å². The summed E-state index contributed by atoms with van der Waals surface area (Å²) in [6.45, 7) is 1.27. The average molecular weight is 426 g/mol. The average Bonchev–Trinajstić information content (AvgIpc) is 2.74. The molecule has 0 bridgehead atoms. The van der Waals surface area contributed by atoms with E-state index in [1.165, 1.54) is 6.07 Å². The van der Waals surface area contributed by atoms with E-state index in [9.17, 15) is 18.4 Å². The maximum Gasteiger partial charge on any atom is 0.322 e. The quantitative estimate of drug-likeness (QED) is 0.497. The fraction of sp³-hybridized carbons (Fsp3) is 0.130. The van der Waals surface area contributed by atoms with E-state index in [0.717, 1.165) is 12.1 Å². The Morgan fingerprint density at radius 2 is 1.74 bits per heavy atom. The van der Waals surface area contributed by atoms with Crippen LogP contribution in [0.2, 0.25) is 0 Å². The van der Waals surface area contributed by atoms with Crippen LogP contribution in [0.4, 0.5) is 14.5 Å². The number of carboxylic acid groups (broad SMARTS) is 1. The third kappa shape index (κ3) is 5.16. The smallest absolute Gasteiger partial charge is 0.322 e. The van der Waals surface area contributed by atoms with Gasteiger partial charge < -0.3 is 20.9 Å². The first-order chi connectivity index (χ1) is 14.8. The lowest BCUT2D eigenvalue weighted by atomic mass is 10.0. The largest absolute Gasteiger partial charge is 0.489 e. The summed E-state index contributed by atoms with van der Waals surface area (Å²) < 4.78 is 32.6. The molecule has 1 amide bonds. The van der Waals surface area contributed by atoms with Gasteiger partial charge in [0, 0.05) is 5.56 Å². The Labute approximate surface area is 177 Å². The van der Waals surface area contributed by atoms with Crippen LogP contribution in [0.3, 0.4) is 0 Å². The van der Waals surface area contributed by atoms with Gasteiger partial charge in [0.05, 0.1) is 11.3 Å². The normalized spacial score (nSPS) is 10.5. The minimum absolute atomic E-state index is 0.0788. The Morgan fingerprint density at radius 1 is 1.06 bits per heavy atom. The van der Waals surface area contributed by atoms with Crippen LogP contribution in [-0.2, 0) is 11.4 Å². The van der Waals surface area contributed by atoms with E-state index in [-0.39, 0.29) is 17.9 Å². The lowest BCUT2D eigenvalue weighted by molar-refractivity contribution is -0.135. The van der Waals surface area contributed by atoms with Crippen molar-refractivity contribution in [2.24, 2.45) is 0 Å². The van der Waals surface area contributed by atoms with Crippen LogP contribution in [-0.4, -0.2) is 23.5 Å². The molecule has 0 aromatic heterocycles. The highest BCUT2D eigenvalue weighted by molar-refractivity contribution is 6.00. The number of aliphatic carboxylic acids is 1. The van der Waals surface area contributed by atoms with Gasteiger partial charge in [0.1, 0.15) is 18.9 Å². The number of aryl methyl sites for hydroxylation is 1. The first kappa shape index (κ1) is 21.8. The number of para-hydroxylation sites is 1. The van der Waals surface area contributed by atoms with Crippen molar-refractivity contribution >= 4 is 17.6 Å². The molecule has 0 saturated carbocycles. The standard InChI is InChI=1S/C23H20F2N2O4/c1-13-9-19(24)20(25)10-18(13)14-5-7-16(8-6-14)31-12-15-3-2-4-17(22(15)26)23(30)27-11-21(28)29/h2-10H,11-12,26H2,1H3,(H,27,30)(H,28,29). The number of carbonyl (C=O) groups is 2. The molecule has 160 valence electrons. The molecule has 3 aromatic carbocycles. The van der Waals surface area contributed by atoms with Crippen molar-refractivity contribution in [2.75, 3.05) is 12.3 Å². The number of anilines is 1. The van der Waals surface area contributed by atoms with Crippen LogP contribution in [0.15, 0.2) is 54.6 Å². The number of carboxylic acids is 1. The van der Waals surface area contributed by atoms with Crippen molar-refractivity contribution in [1.29, 1.82) is 0 Å². The molecule has 0 heterocycles. The number of hydrogen-bond donors (Lipinski definition) is 3. The lowest BCUT2D eigenvalue weighted by Gasteiger charge is -2.13. The van der Waals surface area contributed by atoms with Crippen LogP contribution in [0.5, 0.6) is 5.75 Å². The molecule has 3 rings (SSSR count). The van der Waals surface area contributed by atoms with Crippen molar-refractivity contribution in [3.63, 3.8) is 0 Å². The molecule has 0 spiro atoms. The fourth-order valence-corrected chi connectivity index (χ4v) is 3.04. The van der Waals surface area contributed by atoms with Gasteiger partial charge in [0.25, 0.3) is 5.91 Å². The summed E-state index contributed by atoms with van der Waals surface area (Å²) in [4.78, 5) is 22.7. The number of rotatable bonds is 7. The van der Waals surface area contributed by atoms with Gasteiger partial charge >= 0.3 is 5.97 Å². The van der Waals surface area contributed by atoms with E-state index in [2.05, 4.69) is 5.32 Å². The monoisotopic (exact) mass is 426 g/mol. The van der Waals surface area contributed by atoms with Crippen molar-refractivity contribution in [3.05, 3.63) is 82.9 Å². The van der Waals surface area contributed by atoms with E-state index in [0.29, 0.717) is 28.0 Å². The van der Waals surface area contributed by atoms with Gasteiger partial charge in [-0.25, -0.2) is 8.78 Å². The molecule has 8 heteroatoms. The SMILES string of the molecule is Cc1cc(F)c(F)cc1-c1ccc(OCc2cccc(C(=O)NCC(=O)O)c2N)cc1. The predicted octanol–water partition coefficient (Wildman–Crippen LogP) is 3.92. The van der Waals surface area contributed by atoms with Crippen molar-refractivity contribution in [1.82, 2.24) is 5.32 Å². The summed E-state index contributed by atoms with van der Waals surface area (Å²) in [5.74, 6) is -3.04. The van der Waals surface area contributed by atoms with E-state index < -0.39 is 30.1 Å². The predicted molar refractivity (Wildman–Crippen MR) is 112 cm³/mol. The minimum atomic E-state index is -1.16. The highest BCUT2D eigenvalue weighted by Gasteiger charge is 2.14. The molecular formula is C23H20F2N2O4. The number of nitrogens with one attached hydrogen (secondary N) is 1. The molecule has 0 fully saturated rings. The van der Waals surface area contributed by atoms with Crippen molar-refractivity contribution in [3.8, 4) is 16.9 Å². The number of carbonyl (C=O) groups excluding carboxylic acids is 1. The minimum Gasteiger partial charge on any atom is -0.489 e. The summed E-state index contributed by atoms with van der Waals surface area (Å²) in [6, 6.07) is 14.0. The van der Waals surface area contributed by atoms with E-state index in [1.807, 2.05) is 0 Å². The summed E-state index contributed by atoms with van der Waals surface area (Å²) in [5.41, 5.74) is 8.85. The van der Waals surface area contributed by atoms with Crippen molar-refractivity contribution < 1.29 is 28.2 Å². The maximum absolute atomic E-state index is 13.6. The van der Waals surface area contributed by atoms with Gasteiger partial charge in [-0.3, -0.25) is 9.59 Å². The second-order valence-corrected chi connectivity index (χ2v) is 6.85. The Morgan fingerprint density at radius 3 is 2.42 bits per heavy atom. The highest BCUT2D eigenvalue weighted by atomic mass is 19.2. The van der Waals surface area contributed by atoms with Gasteiger partial charge in [0.15, 0.2) is 11.6 Å². The molecule has 6 nitrogen and oxygen atoms in total. The molecule has 0 aliphatic carbocycles. The summed E-state index contributed by atoms with van der Waals surface area (Å²) in [7, 11) is 0. The zero-order chi connectivity index (χ0) is 22.5. The van der Waals surface area contributed by atoms with Crippen LogP contribution in [0.25, 0.3) is 11.1 Å². The first-order valence-corrected chi connectivity index (χ1v) is 9.32. The molecule has 0 aliphatic rings. The van der Waals surface area contributed by atoms with E-state index in [1.54, 1.807) is 43.3 Å². The zero-order valence-corrected chi connectivity index (χ0v) is 16.6. The molecule has 0 radical (unpaired) electrons.